The van der Waals surface area contributed by atoms with E-state index in [1.807, 2.05) is 24.3 Å². The highest BCUT2D eigenvalue weighted by molar-refractivity contribution is 5.98. The normalized spacial score (nSPS) is 11.0. The minimum Gasteiger partial charge on any atom is -0.343 e. The fourth-order valence-electron chi connectivity index (χ4n) is 2.21. The summed E-state index contributed by atoms with van der Waals surface area (Å²) in [4.78, 5) is 23.5. The molecule has 0 bridgehead atoms. The first-order valence-electron chi connectivity index (χ1n) is 8.27. The zero-order valence-electron chi connectivity index (χ0n) is 14.9. The lowest BCUT2D eigenvalue weighted by Gasteiger charge is -2.07. The number of rotatable bonds is 6. The zero-order chi connectivity index (χ0) is 20.0. The Kier molecular flexibility index (Phi) is 6.76. The minimum atomic E-state index is -1.68. The van der Waals surface area contributed by atoms with E-state index in [4.69, 9.17) is 0 Å². The van der Waals surface area contributed by atoms with Crippen LogP contribution in [-0.2, 0) is 9.59 Å². The predicted octanol–water partition coefficient (Wildman–Crippen LogP) is 4.00. The van der Waals surface area contributed by atoms with Gasteiger partial charge in [-0.15, -0.1) is 0 Å². The number of carbonyl (C=O) groups excluding carboxylic acids is 2. The maximum Gasteiger partial charge on any atom is 0.244 e. The maximum absolute atomic E-state index is 13.5. The van der Waals surface area contributed by atoms with Gasteiger partial charge in [-0.3, -0.25) is 9.59 Å². The molecule has 0 aliphatic heterocycles. The van der Waals surface area contributed by atoms with Crippen LogP contribution in [0.5, 0.6) is 0 Å². The average Bonchev–Trinajstić information content (AvgIpc) is 2.65. The van der Waals surface area contributed by atoms with Crippen LogP contribution in [0.2, 0.25) is 0 Å². The van der Waals surface area contributed by atoms with Crippen molar-refractivity contribution in [3.05, 3.63) is 71.1 Å². The van der Waals surface area contributed by atoms with Crippen molar-refractivity contribution in [1.29, 1.82) is 0 Å². The van der Waals surface area contributed by atoms with Crippen LogP contribution in [-0.4, -0.2) is 18.4 Å². The quantitative estimate of drug-likeness (QED) is 0.592. The molecule has 27 heavy (non-hydrogen) atoms. The number of benzene rings is 2. The van der Waals surface area contributed by atoms with Crippen molar-refractivity contribution in [3.63, 3.8) is 0 Å². The van der Waals surface area contributed by atoms with Crippen molar-refractivity contribution in [3.8, 4) is 0 Å². The summed E-state index contributed by atoms with van der Waals surface area (Å²) in [5.74, 6) is -5.43. The molecule has 2 aromatic rings. The third kappa shape index (κ3) is 5.70. The highest BCUT2D eigenvalue weighted by atomic mass is 19.2. The van der Waals surface area contributed by atoms with Gasteiger partial charge in [0.25, 0.3) is 0 Å². The summed E-state index contributed by atoms with van der Waals surface area (Å²) in [5, 5.41) is 4.38. The van der Waals surface area contributed by atoms with Crippen LogP contribution >= 0.6 is 0 Å². The standard InChI is InChI=1S/C20H19F3N2O2/c1-12(2)14-6-3-13(4-7-14)5-10-17(26)24-11-18(27)25-16-9-8-15(21)19(22)20(16)23/h3-10,12H,11H2,1-2H3,(H,24,26)(H,25,27)/b10-5+. The predicted molar refractivity (Wildman–Crippen MR) is 97.5 cm³/mol. The Morgan fingerprint density at radius 3 is 2.30 bits per heavy atom. The summed E-state index contributed by atoms with van der Waals surface area (Å²) < 4.78 is 39.4. The monoisotopic (exact) mass is 376 g/mol. The van der Waals surface area contributed by atoms with Crippen LogP contribution in [0, 0.1) is 17.5 Å². The number of hydrogen-bond donors (Lipinski definition) is 2. The van der Waals surface area contributed by atoms with E-state index in [-0.39, 0.29) is 0 Å². The van der Waals surface area contributed by atoms with Crippen LogP contribution in [0.15, 0.2) is 42.5 Å². The smallest absolute Gasteiger partial charge is 0.244 e. The molecule has 0 radical (unpaired) electrons. The van der Waals surface area contributed by atoms with Crippen molar-refractivity contribution in [2.45, 2.75) is 19.8 Å². The fraction of sp³-hybridized carbons (Fsp3) is 0.200. The van der Waals surface area contributed by atoms with Crippen LogP contribution in [0.4, 0.5) is 18.9 Å². The number of anilines is 1. The van der Waals surface area contributed by atoms with Crippen LogP contribution < -0.4 is 10.6 Å². The summed E-state index contributed by atoms with van der Waals surface area (Å²) in [6.07, 6.45) is 2.85. The topological polar surface area (TPSA) is 58.2 Å². The summed E-state index contributed by atoms with van der Waals surface area (Å²) in [5.41, 5.74) is 1.49. The molecule has 142 valence electrons. The summed E-state index contributed by atoms with van der Waals surface area (Å²) in [7, 11) is 0. The largest absolute Gasteiger partial charge is 0.343 e. The molecular formula is C20H19F3N2O2. The van der Waals surface area contributed by atoms with E-state index in [9.17, 15) is 22.8 Å². The molecule has 2 aromatic carbocycles. The number of carbonyl (C=O) groups is 2. The van der Waals surface area contributed by atoms with Gasteiger partial charge in [0.15, 0.2) is 17.5 Å². The van der Waals surface area contributed by atoms with Crippen molar-refractivity contribution in [2.75, 3.05) is 11.9 Å². The Labute approximate surface area is 155 Å². The van der Waals surface area contributed by atoms with Gasteiger partial charge in [0.2, 0.25) is 11.8 Å². The molecule has 7 heteroatoms. The molecule has 0 saturated carbocycles. The first-order valence-corrected chi connectivity index (χ1v) is 8.27. The SMILES string of the molecule is CC(C)c1ccc(/C=C/C(=O)NCC(=O)Nc2ccc(F)c(F)c2F)cc1. The minimum absolute atomic E-state index is 0.407. The molecule has 4 nitrogen and oxygen atoms in total. The lowest BCUT2D eigenvalue weighted by atomic mass is 10.0. The molecule has 2 rings (SSSR count). The van der Waals surface area contributed by atoms with Gasteiger partial charge >= 0.3 is 0 Å². The summed E-state index contributed by atoms with van der Waals surface area (Å²) >= 11 is 0. The molecule has 2 N–H and O–H groups in total. The second kappa shape index (κ2) is 9.02. The highest BCUT2D eigenvalue weighted by Gasteiger charge is 2.15. The number of halogens is 3. The molecule has 0 fully saturated rings. The van der Waals surface area contributed by atoms with Crippen LogP contribution in [0.25, 0.3) is 6.08 Å². The Bertz CT molecular complexity index is 862. The second-order valence-corrected chi connectivity index (χ2v) is 6.14. The van der Waals surface area contributed by atoms with Crippen molar-refractivity contribution in [2.24, 2.45) is 0 Å². The van der Waals surface area contributed by atoms with Gasteiger partial charge in [0.1, 0.15) is 0 Å². The molecule has 0 aromatic heterocycles. The van der Waals surface area contributed by atoms with Gasteiger partial charge in [-0.05, 0) is 35.3 Å². The number of amides is 2. The van der Waals surface area contributed by atoms with E-state index in [2.05, 4.69) is 24.5 Å². The summed E-state index contributed by atoms with van der Waals surface area (Å²) in [6.45, 7) is 3.71. The van der Waals surface area contributed by atoms with Crippen molar-refractivity contribution in [1.82, 2.24) is 5.32 Å². The Morgan fingerprint density at radius 1 is 1.00 bits per heavy atom. The molecular weight excluding hydrogens is 357 g/mol. The number of hydrogen-bond acceptors (Lipinski definition) is 2. The lowest BCUT2D eigenvalue weighted by molar-refractivity contribution is -0.121. The molecule has 2 amide bonds. The van der Waals surface area contributed by atoms with Crippen molar-refractivity contribution >= 4 is 23.6 Å². The van der Waals surface area contributed by atoms with Crippen LogP contribution in [0.3, 0.4) is 0 Å². The van der Waals surface area contributed by atoms with E-state index < -0.39 is 41.5 Å². The van der Waals surface area contributed by atoms with E-state index in [1.54, 1.807) is 6.08 Å². The first kappa shape index (κ1) is 20.2. The fourth-order valence-corrected chi connectivity index (χ4v) is 2.21. The molecule has 0 aliphatic rings. The lowest BCUT2D eigenvalue weighted by Crippen LogP contribution is -2.32. The van der Waals surface area contributed by atoms with Crippen molar-refractivity contribution < 1.29 is 22.8 Å². The van der Waals surface area contributed by atoms with Gasteiger partial charge in [0, 0.05) is 6.08 Å². The zero-order valence-corrected chi connectivity index (χ0v) is 14.9. The third-order valence-electron chi connectivity index (χ3n) is 3.76. The average molecular weight is 376 g/mol. The van der Waals surface area contributed by atoms with Gasteiger partial charge in [0.05, 0.1) is 12.2 Å². The Hall–Kier alpha value is -3.09. The van der Waals surface area contributed by atoms with E-state index in [0.29, 0.717) is 12.0 Å². The van der Waals surface area contributed by atoms with E-state index in [0.717, 1.165) is 11.6 Å². The van der Waals surface area contributed by atoms with Gasteiger partial charge < -0.3 is 10.6 Å². The van der Waals surface area contributed by atoms with E-state index in [1.165, 1.54) is 11.6 Å². The maximum atomic E-state index is 13.5. The third-order valence-corrected chi connectivity index (χ3v) is 3.76. The van der Waals surface area contributed by atoms with Gasteiger partial charge in [-0.1, -0.05) is 38.1 Å². The first-order chi connectivity index (χ1) is 12.8. The molecule has 0 atom stereocenters. The van der Waals surface area contributed by atoms with Gasteiger partial charge in [-0.2, -0.15) is 0 Å². The van der Waals surface area contributed by atoms with Gasteiger partial charge in [-0.25, -0.2) is 13.2 Å². The Morgan fingerprint density at radius 2 is 1.67 bits per heavy atom. The molecule has 0 unspecified atom stereocenters. The summed E-state index contributed by atoms with van der Waals surface area (Å²) in [6, 6.07) is 9.27. The Balaban J connectivity index is 1.86. The van der Waals surface area contributed by atoms with E-state index >= 15 is 0 Å². The molecule has 0 saturated heterocycles. The molecule has 0 aliphatic carbocycles. The van der Waals surface area contributed by atoms with Crippen LogP contribution in [0.1, 0.15) is 30.9 Å². The molecule has 0 spiro atoms. The number of nitrogens with one attached hydrogen (secondary N) is 2. The highest BCUT2D eigenvalue weighted by Crippen LogP contribution is 2.19. The molecule has 0 heterocycles. The second-order valence-electron chi connectivity index (χ2n) is 6.14.